The molecule has 0 saturated carbocycles. The van der Waals surface area contributed by atoms with E-state index in [1.165, 1.54) is 0 Å². The van der Waals surface area contributed by atoms with Gasteiger partial charge in [0.2, 0.25) is 0 Å². The van der Waals surface area contributed by atoms with Gasteiger partial charge in [-0.1, -0.05) is 34.8 Å². The van der Waals surface area contributed by atoms with E-state index in [1.807, 2.05) is 0 Å². The summed E-state index contributed by atoms with van der Waals surface area (Å²) >= 11 is 14.3. The molecule has 6 heavy (non-hydrogen) atoms. The molecule has 0 aliphatic rings. The van der Waals surface area contributed by atoms with Crippen molar-refractivity contribution in [2.24, 2.45) is 0 Å². The molecule has 0 unspecified atom stereocenters. The van der Waals surface area contributed by atoms with Gasteiger partial charge in [-0.25, -0.2) is 0 Å². The molecule has 1 nitrogen and oxygen atoms in total. The Kier molecular flexibility index (Phi) is 2.74. The van der Waals surface area contributed by atoms with E-state index < -0.39 is 9.71 Å². The van der Waals surface area contributed by atoms with E-state index in [4.69, 9.17) is 23.2 Å². The minimum absolute atomic E-state index is 0.420. The summed E-state index contributed by atoms with van der Waals surface area (Å²) in [5.74, 6) is 0. The highest BCUT2D eigenvalue weighted by molar-refractivity contribution is 6.58. The van der Waals surface area contributed by atoms with Gasteiger partial charge in [0.25, 0.3) is 0 Å². The third-order valence-corrected chi connectivity index (χ3v) is 0.874. The normalized spacial score (nSPS) is 7.83. The van der Waals surface area contributed by atoms with E-state index in [0.29, 0.717) is 0 Å². The van der Waals surface area contributed by atoms with Gasteiger partial charge in [0, 0.05) is 0 Å². The van der Waals surface area contributed by atoms with Crippen LogP contribution in [0.15, 0.2) is 9.71 Å². The van der Waals surface area contributed by atoms with Crippen molar-refractivity contribution >= 4 is 34.8 Å². The molecule has 0 atom stereocenters. The topological polar surface area (TPSA) is 23.1 Å². The summed E-state index contributed by atoms with van der Waals surface area (Å²) in [5.41, 5.74) is 0. The van der Waals surface area contributed by atoms with Crippen LogP contribution in [0.1, 0.15) is 0 Å². The van der Waals surface area contributed by atoms with Crippen molar-refractivity contribution < 1.29 is 5.11 Å². The molecule has 0 bridgehead atoms. The predicted octanol–water partition coefficient (Wildman–Crippen LogP) is 1.19. The Morgan fingerprint density at radius 2 is 1.33 bits per heavy atom. The quantitative estimate of drug-likeness (QED) is 0.471. The fourth-order valence-electron chi connectivity index (χ4n) is 0. The lowest BCUT2D eigenvalue weighted by Gasteiger charge is -1.96. The number of rotatable bonds is 0. The first-order valence-electron chi connectivity index (χ1n) is 1.02. The van der Waals surface area contributed by atoms with Crippen LogP contribution in [0.5, 0.6) is 0 Å². The van der Waals surface area contributed by atoms with Gasteiger partial charge in [0.1, 0.15) is 4.49 Å². The van der Waals surface area contributed by atoms with Crippen molar-refractivity contribution in [1.82, 2.24) is 0 Å². The second-order valence-corrected chi connectivity index (χ2v) is 1.83. The van der Waals surface area contributed by atoms with Crippen LogP contribution in [0, 0.1) is 0 Å². The molecular weight excluding hydrogens is 146 g/mol. The molecule has 4 heteroatoms. The van der Waals surface area contributed by atoms with Crippen LogP contribution < -0.4 is 5.11 Å². The second-order valence-electron chi connectivity index (χ2n) is 0.534. The van der Waals surface area contributed by atoms with Gasteiger partial charge >= 0.3 is 0 Å². The molecule has 0 amide bonds. The SMILES string of the molecule is [O-]C(Cl)=C(Cl)Cl. The van der Waals surface area contributed by atoms with Gasteiger partial charge in [0.05, 0.1) is 0 Å². The summed E-state index contributed by atoms with van der Waals surface area (Å²) in [5, 5.41) is 8.79. The third-order valence-electron chi connectivity index (χ3n) is 0.149. The highest BCUT2D eigenvalue weighted by atomic mass is 35.5. The zero-order valence-electron chi connectivity index (χ0n) is 2.54. The van der Waals surface area contributed by atoms with Crippen LogP contribution in [0.4, 0.5) is 0 Å². The smallest absolute Gasteiger partial charge is 0.110 e. The van der Waals surface area contributed by atoms with Crippen LogP contribution in [0.2, 0.25) is 0 Å². The van der Waals surface area contributed by atoms with Crippen LogP contribution in [0.3, 0.4) is 0 Å². The van der Waals surface area contributed by atoms with Crippen LogP contribution >= 0.6 is 34.8 Å². The lowest BCUT2D eigenvalue weighted by atomic mass is 11.1. The molecule has 0 spiro atoms. The van der Waals surface area contributed by atoms with Gasteiger partial charge in [-0.3, -0.25) is 0 Å². The largest absolute Gasteiger partial charge is 0.862 e. The van der Waals surface area contributed by atoms with Crippen molar-refractivity contribution in [2.75, 3.05) is 0 Å². The highest BCUT2D eigenvalue weighted by Crippen LogP contribution is 2.11. The van der Waals surface area contributed by atoms with Gasteiger partial charge in [0.15, 0.2) is 0 Å². The third kappa shape index (κ3) is 2.64. The van der Waals surface area contributed by atoms with Gasteiger partial charge in [-0.05, 0) is 5.22 Å². The molecule has 0 fully saturated rings. The average Bonchev–Trinajstić information content (AvgIpc) is 1.36. The maximum atomic E-state index is 9.61. The molecular formula is C2Cl3O-. The summed E-state index contributed by atoms with van der Waals surface area (Å²) in [6.45, 7) is 0. The lowest BCUT2D eigenvalue weighted by molar-refractivity contribution is -0.286. The Labute approximate surface area is 50.1 Å². The van der Waals surface area contributed by atoms with E-state index in [1.54, 1.807) is 0 Å². The standard InChI is InChI=1S/C2HCl3O/c3-1(4)2(5)6/h6H/p-1. The Hall–Kier alpha value is 0.410. The first-order chi connectivity index (χ1) is 2.64. The van der Waals surface area contributed by atoms with E-state index in [9.17, 15) is 5.11 Å². The summed E-state index contributed by atoms with van der Waals surface area (Å²) in [7, 11) is 0. The van der Waals surface area contributed by atoms with E-state index in [-0.39, 0.29) is 0 Å². The van der Waals surface area contributed by atoms with Gasteiger partial charge in [-0.15, -0.1) is 0 Å². The predicted molar refractivity (Wildman–Crippen MR) is 24.6 cm³/mol. The maximum absolute atomic E-state index is 9.61. The monoisotopic (exact) mass is 145 g/mol. The molecule has 0 saturated heterocycles. The lowest BCUT2D eigenvalue weighted by Crippen LogP contribution is -1.94. The zero-order chi connectivity index (χ0) is 5.15. The second kappa shape index (κ2) is 2.56. The van der Waals surface area contributed by atoms with Crippen molar-refractivity contribution in [3.63, 3.8) is 0 Å². The molecule has 0 aromatic rings. The first kappa shape index (κ1) is 6.41. The number of halogens is 3. The fourth-order valence-corrected chi connectivity index (χ4v) is 0. The van der Waals surface area contributed by atoms with E-state index >= 15 is 0 Å². The molecule has 0 aliphatic carbocycles. The minimum Gasteiger partial charge on any atom is -0.862 e. The Morgan fingerprint density at radius 3 is 1.33 bits per heavy atom. The average molecular weight is 146 g/mol. The van der Waals surface area contributed by atoms with E-state index in [0.717, 1.165) is 0 Å². The molecule has 0 aromatic heterocycles. The van der Waals surface area contributed by atoms with Gasteiger partial charge in [-0.2, -0.15) is 0 Å². The summed E-state index contributed by atoms with van der Waals surface area (Å²) in [6.07, 6.45) is 0. The van der Waals surface area contributed by atoms with Crippen molar-refractivity contribution in [1.29, 1.82) is 0 Å². The maximum Gasteiger partial charge on any atom is 0.110 e. The number of hydrogen-bond acceptors (Lipinski definition) is 1. The molecule has 0 aromatic carbocycles. The van der Waals surface area contributed by atoms with Crippen molar-refractivity contribution in [2.45, 2.75) is 0 Å². The van der Waals surface area contributed by atoms with Crippen LogP contribution in [-0.2, 0) is 0 Å². The number of hydrogen-bond donors (Lipinski definition) is 0. The Morgan fingerprint density at radius 1 is 1.17 bits per heavy atom. The Bertz CT molecular complexity index is 58.9. The molecule has 0 heterocycles. The van der Waals surface area contributed by atoms with E-state index in [2.05, 4.69) is 11.6 Å². The summed E-state index contributed by atoms with van der Waals surface area (Å²) < 4.78 is -0.420. The molecule has 0 rings (SSSR count). The Balaban J connectivity index is 3.68. The van der Waals surface area contributed by atoms with Crippen molar-refractivity contribution in [3.05, 3.63) is 9.71 Å². The molecule has 0 N–H and O–H groups in total. The zero-order valence-corrected chi connectivity index (χ0v) is 4.81. The van der Waals surface area contributed by atoms with Crippen LogP contribution in [0.25, 0.3) is 0 Å². The highest BCUT2D eigenvalue weighted by Gasteiger charge is 1.77. The first-order valence-corrected chi connectivity index (χ1v) is 2.15. The molecule has 36 valence electrons. The van der Waals surface area contributed by atoms with Gasteiger partial charge < -0.3 is 5.11 Å². The van der Waals surface area contributed by atoms with Crippen molar-refractivity contribution in [3.8, 4) is 0 Å². The molecule has 0 radical (unpaired) electrons. The van der Waals surface area contributed by atoms with Crippen LogP contribution in [-0.4, -0.2) is 0 Å². The summed E-state index contributed by atoms with van der Waals surface area (Å²) in [4.78, 5) is 0. The molecule has 0 aliphatic heterocycles. The minimum atomic E-state index is -0.821. The summed E-state index contributed by atoms with van der Waals surface area (Å²) in [6, 6.07) is 0. The fraction of sp³-hybridized carbons (Fsp3) is 0.